The van der Waals surface area contributed by atoms with Crippen LogP contribution < -0.4 is 11.2 Å². The molecule has 31 heavy (non-hydrogen) atoms. The van der Waals surface area contributed by atoms with Gasteiger partial charge in [-0.3, -0.25) is 9.79 Å². The van der Waals surface area contributed by atoms with Crippen molar-refractivity contribution in [1.29, 1.82) is 0 Å². The van der Waals surface area contributed by atoms with Crippen LogP contribution in [0.3, 0.4) is 0 Å². The van der Waals surface area contributed by atoms with Gasteiger partial charge in [-0.25, -0.2) is 13.9 Å². The molecule has 1 heterocycles. The molecule has 0 unspecified atom stereocenters. The van der Waals surface area contributed by atoms with Gasteiger partial charge in [0, 0.05) is 6.21 Å². The van der Waals surface area contributed by atoms with Crippen molar-refractivity contribution in [3.63, 3.8) is 0 Å². The zero-order valence-electron chi connectivity index (χ0n) is 17.2. The summed E-state index contributed by atoms with van der Waals surface area (Å²) in [6, 6.07) is 23.1. The molecule has 0 radical (unpaired) electrons. The summed E-state index contributed by atoms with van der Waals surface area (Å²) in [5.74, 6) is -0.457. The smallest absolute Gasteiger partial charge is 0.343 e. The van der Waals surface area contributed by atoms with Gasteiger partial charge in [-0.2, -0.15) is 0 Å². The molecular weight excluding hydrogens is 390 g/mol. The van der Waals surface area contributed by atoms with E-state index in [9.17, 15) is 14.7 Å². The van der Waals surface area contributed by atoms with Crippen LogP contribution in [0, 0.1) is 13.8 Å². The van der Waals surface area contributed by atoms with E-state index in [0.29, 0.717) is 17.1 Å². The monoisotopic (exact) mass is 411 g/mol. The molecule has 0 saturated carbocycles. The molecular formula is C25H21N3O3. The van der Waals surface area contributed by atoms with Crippen molar-refractivity contribution in [2.75, 3.05) is 0 Å². The maximum absolute atomic E-state index is 13.3. The highest BCUT2D eigenvalue weighted by molar-refractivity contribution is 5.85. The Labute approximate surface area is 179 Å². The molecule has 154 valence electrons. The SMILES string of the molecule is Cc1ccc(N=Cc2c(O)n(-c3ccccc3)c(=O)n(-c3ccccc3)c2=O)c(C)c1. The third-order valence-electron chi connectivity index (χ3n) is 4.98. The van der Waals surface area contributed by atoms with Gasteiger partial charge in [0.15, 0.2) is 0 Å². The van der Waals surface area contributed by atoms with Crippen LogP contribution in [0.1, 0.15) is 16.7 Å². The van der Waals surface area contributed by atoms with E-state index in [-0.39, 0.29) is 5.56 Å². The zero-order chi connectivity index (χ0) is 22.0. The molecule has 0 aliphatic carbocycles. The highest BCUT2D eigenvalue weighted by atomic mass is 16.3. The molecule has 0 amide bonds. The van der Waals surface area contributed by atoms with Crippen molar-refractivity contribution in [3.8, 4) is 17.3 Å². The van der Waals surface area contributed by atoms with E-state index >= 15 is 0 Å². The second-order valence-electron chi connectivity index (χ2n) is 7.22. The Balaban J connectivity index is 2.00. The number of hydrogen-bond donors (Lipinski definition) is 1. The standard InChI is InChI=1S/C25H21N3O3/c1-17-13-14-22(18(2)15-17)26-16-21-23(29)27(19-9-5-3-6-10-19)25(31)28(24(21)30)20-11-7-4-8-12-20/h3-16,29H,1-2H3. The van der Waals surface area contributed by atoms with Crippen LogP contribution in [0.2, 0.25) is 0 Å². The molecule has 4 rings (SSSR count). The van der Waals surface area contributed by atoms with Gasteiger partial charge >= 0.3 is 5.69 Å². The molecule has 0 fully saturated rings. The Morgan fingerprint density at radius 2 is 1.39 bits per heavy atom. The van der Waals surface area contributed by atoms with Crippen molar-refractivity contribution in [2.24, 2.45) is 4.99 Å². The van der Waals surface area contributed by atoms with E-state index in [4.69, 9.17) is 0 Å². The lowest BCUT2D eigenvalue weighted by Gasteiger charge is -2.14. The number of aromatic nitrogens is 2. The first-order valence-electron chi connectivity index (χ1n) is 9.80. The van der Waals surface area contributed by atoms with Gasteiger partial charge in [0.25, 0.3) is 5.56 Å². The second-order valence-corrected chi connectivity index (χ2v) is 7.22. The number of hydrogen-bond acceptors (Lipinski definition) is 4. The average Bonchev–Trinajstić information content (AvgIpc) is 2.76. The van der Waals surface area contributed by atoms with Crippen LogP contribution in [-0.2, 0) is 0 Å². The Morgan fingerprint density at radius 1 is 0.806 bits per heavy atom. The van der Waals surface area contributed by atoms with Crippen LogP contribution in [0.25, 0.3) is 11.4 Å². The maximum atomic E-state index is 13.3. The van der Waals surface area contributed by atoms with E-state index in [1.165, 1.54) is 6.21 Å². The van der Waals surface area contributed by atoms with E-state index in [2.05, 4.69) is 4.99 Å². The number of aromatic hydroxyl groups is 1. The van der Waals surface area contributed by atoms with E-state index < -0.39 is 17.1 Å². The van der Waals surface area contributed by atoms with E-state index in [1.54, 1.807) is 60.7 Å². The molecule has 0 aliphatic rings. The summed E-state index contributed by atoms with van der Waals surface area (Å²) in [5.41, 5.74) is 2.18. The first-order valence-corrected chi connectivity index (χ1v) is 9.80. The predicted molar refractivity (Wildman–Crippen MR) is 122 cm³/mol. The lowest BCUT2D eigenvalue weighted by atomic mass is 10.1. The average molecular weight is 411 g/mol. The summed E-state index contributed by atoms with van der Waals surface area (Å²) in [6.07, 6.45) is 1.31. The van der Waals surface area contributed by atoms with E-state index in [1.807, 2.05) is 32.0 Å². The van der Waals surface area contributed by atoms with Crippen molar-refractivity contribution in [3.05, 3.63) is 116 Å². The molecule has 0 spiro atoms. The summed E-state index contributed by atoms with van der Waals surface area (Å²) in [7, 11) is 0. The van der Waals surface area contributed by atoms with Gasteiger partial charge in [0.1, 0.15) is 5.56 Å². The van der Waals surface area contributed by atoms with Gasteiger partial charge in [0.2, 0.25) is 5.88 Å². The Bertz CT molecular complexity index is 1390. The lowest BCUT2D eigenvalue weighted by Crippen LogP contribution is -2.40. The normalized spacial score (nSPS) is 11.2. The van der Waals surface area contributed by atoms with Gasteiger partial charge in [-0.05, 0) is 49.7 Å². The van der Waals surface area contributed by atoms with Crippen molar-refractivity contribution < 1.29 is 5.11 Å². The number of aryl methyl sites for hydroxylation is 2. The number of para-hydroxylation sites is 2. The van der Waals surface area contributed by atoms with Crippen LogP contribution in [0.15, 0.2) is 93.4 Å². The largest absolute Gasteiger partial charge is 0.493 e. The van der Waals surface area contributed by atoms with Crippen molar-refractivity contribution in [2.45, 2.75) is 13.8 Å². The summed E-state index contributed by atoms with van der Waals surface area (Å²) < 4.78 is 2.15. The summed E-state index contributed by atoms with van der Waals surface area (Å²) in [5, 5.41) is 10.9. The Morgan fingerprint density at radius 3 is 1.97 bits per heavy atom. The molecule has 0 saturated heterocycles. The van der Waals surface area contributed by atoms with Crippen LogP contribution in [-0.4, -0.2) is 20.5 Å². The number of benzene rings is 3. The van der Waals surface area contributed by atoms with Gasteiger partial charge < -0.3 is 5.11 Å². The quantitative estimate of drug-likeness (QED) is 0.515. The summed E-state index contributed by atoms with van der Waals surface area (Å²) >= 11 is 0. The molecule has 1 aromatic heterocycles. The van der Waals surface area contributed by atoms with Crippen LogP contribution in [0.5, 0.6) is 5.88 Å². The predicted octanol–water partition coefficient (Wildman–Crippen LogP) is 4.06. The fourth-order valence-electron chi connectivity index (χ4n) is 3.43. The number of nitrogens with zero attached hydrogens (tertiary/aromatic N) is 3. The third-order valence-corrected chi connectivity index (χ3v) is 4.98. The molecule has 0 aliphatic heterocycles. The fraction of sp³-hybridized carbons (Fsp3) is 0.0800. The first-order chi connectivity index (χ1) is 15.0. The molecule has 0 atom stereocenters. The van der Waals surface area contributed by atoms with Crippen LogP contribution in [0.4, 0.5) is 5.69 Å². The highest BCUT2D eigenvalue weighted by Gasteiger charge is 2.19. The number of aliphatic imine (C=N–C) groups is 1. The minimum Gasteiger partial charge on any atom is -0.493 e. The van der Waals surface area contributed by atoms with Crippen molar-refractivity contribution in [1.82, 2.24) is 9.13 Å². The minimum absolute atomic E-state index is 0.0766. The van der Waals surface area contributed by atoms with Gasteiger partial charge in [-0.1, -0.05) is 54.1 Å². The second kappa shape index (κ2) is 8.28. The topological polar surface area (TPSA) is 76.6 Å². The van der Waals surface area contributed by atoms with E-state index in [0.717, 1.165) is 20.3 Å². The van der Waals surface area contributed by atoms with Crippen molar-refractivity contribution >= 4 is 11.9 Å². The Hall–Kier alpha value is -4.19. The summed E-state index contributed by atoms with van der Waals surface area (Å²) in [4.78, 5) is 30.9. The third kappa shape index (κ3) is 3.83. The summed E-state index contributed by atoms with van der Waals surface area (Å²) in [6.45, 7) is 3.91. The molecule has 3 aromatic carbocycles. The minimum atomic E-state index is -0.663. The molecule has 0 bridgehead atoms. The van der Waals surface area contributed by atoms with Gasteiger partial charge in [-0.15, -0.1) is 0 Å². The van der Waals surface area contributed by atoms with Crippen LogP contribution >= 0.6 is 0 Å². The first kappa shape index (κ1) is 20.1. The lowest BCUT2D eigenvalue weighted by molar-refractivity contribution is 0.427. The maximum Gasteiger partial charge on any atom is 0.343 e. The molecule has 6 nitrogen and oxygen atoms in total. The Kier molecular flexibility index (Phi) is 5.37. The van der Waals surface area contributed by atoms with Gasteiger partial charge in [0.05, 0.1) is 17.1 Å². The zero-order valence-corrected chi connectivity index (χ0v) is 17.2. The molecule has 4 aromatic rings. The fourth-order valence-corrected chi connectivity index (χ4v) is 3.43. The molecule has 1 N–H and O–H groups in total. The molecule has 6 heteroatoms. The number of rotatable bonds is 4. The highest BCUT2D eigenvalue weighted by Crippen LogP contribution is 2.21.